The van der Waals surface area contributed by atoms with E-state index in [1.165, 1.54) is 21.3 Å². The van der Waals surface area contributed by atoms with Crippen molar-refractivity contribution in [2.45, 2.75) is 13.5 Å². The van der Waals surface area contributed by atoms with Crippen LogP contribution in [-0.2, 0) is 16.1 Å². The van der Waals surface area contributed by atoms with E-state index in [9.17, 15) is 9.59 Å². The maximum absolute atomic E-state index is 13.3. The summed E-state index contributed by atoms with van der Waals surface area (Å²) in [6, 6.07) is 24.0. The first-order valence-electron chi connectivity index (χ1n) is 11.3. The number of aryl methyl sites for hydroxylation is 1. The van der Waals surface area contributed by atoms with Crippen molar-refractivity contribution < 1.29 is 28.5 Å². The summed E-state index contributed by atoms with van der Waals surface area (Å²) < 4.78 is 23.7. The van der Waals surface area contributed by atoms with Crippen LogP contribution < -0.4 is 9.47 Å². The van der Waals surface area contributed by atoms with Gasteiger partial charge in [0.1, 0.15) is 6.61 Å². The van der Waals surface area contributed by atoms with Crippen molar-refractivity contribution >= 4 is 11.9 Å². The van der Waals surface area contributed by atoms with E-state index in [0.717, 1.165) is 16.8 Å². The zero-order valence-corrected chi connectivity index (χ0v) is 20.6. The molecule has 0 fully saturated rings. The molecule has 7 heteroatoms. The number of carbonyl (C=O) groups excluding carboxylic acids is 2. The summed E-state index contributed by atoms with van der Waals surface area (Å²) in [5.41, 5.74) is 4.22. The predicted molar refractivity (Wildman–Crippen MR) is 136 cm³/mol. The van der Waals surface area contributed by atoms with E-state index in [-0.39, 0.29) is 12.2 Å². The number of nitrogens with zero attached hydrogens (tertiary/aromatic N) is 1. The number of hydrogen-bond acceptors (Lipinski definition) is 6. The Bertz CT molecular complexity index is 1380. The Morgan fingerprint density at radius 1 is 0.806 bits per heavy atom. The van der Waals surface area contributed by atoms with Crippen LogP contribution >= 0.6 is 0 Å². The van der Waals surface area contributed by atoms with Crippen molar-refractivity contribution in [3.63, 3.8) is 0 Å². The molecule has 0 spiro atoms. The molecule has 0 unspecified atom stereocenters. The minimum Gasteiger partial charge on any atom is -0.493 e. The summed E-state index contributed by atoms with van der Waals surface area (Å²) in [7, 11) is 4.33. The molecule has 1 aromatic heterocycles. The fraction of sp³-hybridized carbons (Fsp3) is 0.172. The van der Waals surface area contributed by atoms with E-state index in [1.54, 1.807) is 18.2 Å². The van der Waals surface area contributed by atoms with E-state index in [4.69, 9.17) is 18.9 Å². The van der Waals surface area contributed by atoms with E-state index >= 15 is 0 Å². The van der Waals surface area contributed by atoms with Gasteiger partial charge in [-0.25, -0.2) is 9.59 Å². The number of esters is 2. The fourth-order valence-electron chi connectivity index (χ4n) is 4.13. The van der Waals surface area contributed by atoms with Crippen molar-refractivity contribution in [3.8, 4) is 28.4 Å². The molecular formula is C29H27NO6. The molecule has 0 atom stereocenters. The molecule has 36 heavy (non-hydrogen) atoms. The smallest absolute Gasteiger partial charge is 0.340 e. The van der Waals surface area contributed by atoms with Crippen molar-refractivity contribution in [3.05, 3.63) is 101 Å². The zero-order chi connectivity index (χ0) is 25.7. The van der Waals surface area contributed by atoms with E-state index in [1.807, 2.05) is 72.2 Å². The van der Waals surface area contributed by atoms with Gasteiger partial charge < -0.3 is 23.5 Å². The number of carbonyl (C=O) groups is 2. The summed E-state index contributed by atoms with van der Waals surface area (Å²) >= 11 is 0. The third kappa shape index (κ3) is 4.81. The summed E-state index contributed by atoms with van der Waals surface area (Å²) in [5, 5.41) is 0. The summed E-state index contributed by atoms with van der Waals surface area (Å²) in [6.07, 6.45) is 0. The second-order valence-corrected chi connectivity index (χ2v) is 8.03. The molecule has 4 aromatic rings. The summed E-state index contributed by atoms with van der Waals surface area (Å²) in [4.78, 5) is 25.8. The largest absolute Gasteiger partial charge is 0.493 e. The maximum atomic E-state index is 13.3. The van der Waals surface area contributed by atoms with E-state index in [2.05, 4.69) is 0 Å². The molecule has 184 valence electrons. The van der Waals surface area contributed by atoms with Crippen LogP contribution in [0.4, 0.5) is 0 Å². The molecular weight excluding hydrogens is 458 g/mol. The lowest BCUT2D eigenvalue weighted by molar-refractivity contribution is 0.0473. The van der Waals surface area contributed by atoms with Gasteiger partial charge in [-0.2, -0.15) is 0 Å². The Hall–Kier alpha value is -4.52. The fourth-order valence-corrected chi connectivity index (χ4v) is 4.13. The Balaban J connectivity index is 1.91. The molecule has 1 heterocycles. The van der Waals surface area contributed by atoms with Gasteiger partial charge in [0.05, 0.1) is 43.8 Å². The SMILES string of the molecule is COC(=O)c1cc(OC)c(OC)c(-n2c(C)cc(C(=O)OCc3ccccc3)c2-c2ccccc2)c1. The number of benzene rings is 3. The quantitative estimate of drug-likeness (QED) is 0.302. The molecule has 0 bridgehead atoms. The van der Waals surface area contributed by atoms with E-state index in [0.29, 0.717) is 28.4 Å². The molecule has 3 aromatic carbocycles. The topological polar surface area (TPSA) is 76.0 Å². The van der Waals surface area contributed by atoms with Crippen molar-refractivity contribution in [2.75, 3.05) is 21.3 Å². The number of rotatable bonds is 8. The number of methoxy groups -OCH3 is 3. The lowest BCUT2D eigenvalue weighted by atomic mass is 10.1. The zero-order valence-electron chi connectivity index (χ0n) is 20.6. The van der Waals surface area contributed by atoms with Gasteiger partial charge in [0.25, 0.3) is 0 Å². The molecule has 4 rings (SSSR count). The van der Waals surface area contributed by atoms with Crippen LogP contribution in [0.5, 0.6) is 11.5 Å². The molecule has 0 amide bonds. The van der Waals surface area contributed by atoms with Crippen molar-refractivity contribution in [1.82, 2.24) is 4.57 Å². The number of aromatic nitrogens is 1. The second kappa shape index (κ2) is 10.8. The summed E-state index contributed by atoms with van der Waals surface area (Å²) in [6.45, 7) is 2.02. The normalized spacial score (nSPS) is 10.6. The van der Waals surface area contributed by atoms with Crippen LogP contribution in [0.15, 0.2) is 78.9 Å². The van der Waals surface area contributed by atoms with Gasteiger partial charge in [-0.3, -0.25) is 0 Å². The number of hydrogen-bond donors (Lipinski definition) is 0. The van der Waals surface area contributed by atoms with Gasteiger partial charge >= 0.3 is 11.9 Å². The first kappa shape index (κ1) is 24.6. The molecule has 0 saturated carbocycles. The molecule has 0 aliphatic rings. The lowest BCUT2D eigenvalue weighted by Crippen LogP contribution is -2.10. The molecule has 0 saturated heterocycles. The average molecular weight is 486 g/mol. The van der Waals surface area contributed by atoms with Crippen LogP contribution in [0.3, 0.4) is 0 Å². The van der Waals surface area contributed by atoms with Gasteiger partial charge in [-0.1, -0.05) is 60.7 Å². The Kier molecular flexibility index (Phi) is 7.39. The van der Waals surface area contributed by atoms with Gasteiger partial charge in [0.2, 0.25) is 0 Å². The number of ether oxygens (including phenoxy) is 4. The van der Waals surface area contributed by atoms with Crippen LogP contribution in [0, 0.1) is 6.92 Å². The Morgan fingerprint density at radius 3 is 2.08 bits per heavy atom. The maximum Gasteiger partial charge on any atom is 0.340 e. The van der Waals surface area contributed by atoms with Crippen LogP contribution in [0.25, 0.3) is 16.9 Å². The van der Waals surface area contributed by atoms with Crippen LogP contribution in [0.2, 0.25) is 0 Å². The van der Waals surface area contributed by atoms with Gasteiger partial charge in [0.15, 0.2) is 11.5 Å². The highest BCUT2D eigenvalue weighted by Gasteiger charge is 2.26. The Labute approximate surface area is 209 Å². The minimum atomic E-state index is -0.522. The first-order valence-corrected chi connectivity index (χ1v) is 11.3. The minimum absolute atomic E-state index is 0.146. The van der Waals surface area contributed by atoms with Crippen molar-refractivity contribution in [1.29, 1.82) is 0 Å². The highest BCUT2D eigenvalue weighted by Crippen LogP contribution is 2.40. The second-order valence-electron chi connectivity index (χ2n) is 8.03. The Morgan fingerprint density at radius 2 is 1.47 bits per heavy atom. The molecule has 0 radical (unpaired) electrons. The van der Waals surface area contributed by atoms with Gasteiger partial charge in [0, 0.05) is 5.69 Å². The molecule has 7 nitrogen and oxygen atoms in total. The monoisotopic (exact) mass is 485 g/mol. The highest BCUT2D eigenvalue weighted by molar-refractivity contribution is 5.98. The van der Waals surface area contributed by atoms with Gasteiger partial charge in [-0.05, 0) is 36.2 Å². The van der Waals surface area contributed by atoms with Crippen LogP contribution in [0.1, 0.15) is 32.0 Å². The third-order valence-electron chi connectivity index (χ3n) is 5.79. The van der Waals surface area contributed by atoms with E-state index < -0.39 is 11.9 Å². The average Bonchev–Trinajstić information content (AvgIpc) is 3.28. The standard InChI is InChI=1S/C29H27NO6/c1-19-15-23(29(32)36-18-20-11-7-5-8-12-20)26(21-13-9-6-10-14-21)30(19)24-16-22(28(31)35-4)17-25(33-2)27(24)34-3/h5-17H,18H2,1-4H3. The lowest BCUT2D eigenvalue weighted by Gasteiger charge is -2.19. The summed E-state index contributed by atoms with van der Waals surface area (Å²) in [5.74, 6) is -0.221. The van der Waals surface area contributed by atoms with Gasteiger partial charge in [-0.15, -0.1) is 0 Å². The third-order valence-corrected chi connectivity index (χ3v) is 5.79. The molecule has 0 N–H and O–H groups in total. The van der Waals surface area contributed by atoms with Crippen molar-refractivity contribution in [2.24, 2.45) is 0 Å². The molecule has 0 aliphatic heterocycles. The molecule has 0 aliphatic carbocycles. The first-order chi connectivity index (χ1) is 17.5. The highest BCUT2D eigenvalue weighted by atomic mass is 16.5. The van der Waals surface area contributed by atoms with Crippen LogP contribution in [-0.4, -0.2) is 37.8 Å². The predicted octanol–water partition coefficient (Wildman–Crippen LogP) is 5.61.